The van der Waals surface area contributed by atoms with E-state index in [4.69, 9.17) is 14.2 Å². The van der Waals surface area contributed by atoms with Crippen LogP contribution in [0.4, 0.5) is 0 Å². The Morgan fingerprint density at radius 1 is 1.30 bits per heavy atom. The standard InChI is InChI=1S/C15H29NO4/c1-12(2)20-11-10-19-9-5-8-15(3,14(17)18-4)16-13-6-7-13/h12-13,16H,5-11H2,1-4H3. The van der Waals surface area contributed by atoms with Crippen LogP contribution in [0.1, 0.15) is 46.5 Å². The quantitative estimate of drug-likeness (QED) is 0.464. The van der Waals surface area contributed by atoms with Crippen LogP contribution in [-0.4, -0.2) is 50.6 Å². The zero-order valence-electron chi connectivity index (χ0n) is 13.2. The number of carbonyl (C=O) groups is 1. The summed E-state index contributed by atoms with van der Waals surface area (Å²) in [5.74, 6) is -0.187. The number of methoxy groups -OCH3 is 1. The van der Waals surface area contributed by atoms with Crippen molar-refractivity contribution in [1.29, 1.82) is 0 Å². The second-order valence-corrected chi connectivity index (χ2v) is 5.88. The van der Waals surface area contributed by atoms with Crippen LogP contribution in [0.5, 0.6) is 0 Å². The topological polar surface area (TPSA) is 56.8 Å². The van der Waals surface area contributed by atoms with Crippen molar-refractivity contribution in [2.45, 2.75) is 64.1 Å². The van der Waals surface area contributed by atoms with Gasteiger partial charge in [-0.3, -0.25) is 10.1 Å². The molecule has 1 N–H and O–H groups in total. The van der Waals surface area contributed by atoms with E-state index >= 15 is 0 Å². The number of hydrogen-bond acceptors (Lipinski definition) is 5. The van der Waals surface area contributed by atoms with Crippen molar-refractivity contribution in [3.63, 3.8) is 0 Å². The first kappa shape index (κ1) is 17.4. The maximum atomic E-state index is 11.9. The fourth-order valence-electron chi connectivity index (χ4n) is 2.11. The molecule has 0 aromatic carbocycles. The van der Waals surface area contributed by atoms with Crippen LogP contribution >= 0.6 is 0 Å². The van der Waals surface area contributed by atoms with Crippen molar-refractivity contribution in [2.75, 3.05) is 26.9 Å². The van der Waals surface area contributed by atoms with Gasteiger partial charge >= 0.3 is 5.97 Å². The van der Waals surface area contributed by atoms with Gasteiger partial charge in [0.25, 0.3) is 0 Å². The van der Waals surface area contributed by atoms with Crippen LogP contribution in [0.25, 0.3) is 0 Å². The van der Waals surface area contributed by atoms with Gasteiger partial charge < -0.3 is 14.2 Å². The van der Waals surface area contributed by atoms with Gasteiger partial charge in [-0.2, -0.15) is 0 Å². The van der Waals surface area contributed by atoms with Crippen molar-refractivity contribution < 1.29 is 19.0 Å². The minimum atomic E-state index is -0.590. The molecule has 5 nitrogen and oxygen atoms in total. The monoisotopic (exact) mass is 287 g/mol. The second kappa shape index (κ2) is 8.60. The summed E-state index contributed by atoms with van der Waals surface area (Å²) in [5.41, 5.74) is -0.590. The van der Waals surface area contributed by atoms with Crippen LogP contribution in [-0.2, 0) is 19.0 Å². The van der Waals surface area contributed by atoms with E-state index < -0.39 is 5.54 Å². The summed E-state index contributed by atoms with van der Waals surface area (Å²) in [4.78, 5) is 11.9. The van der Waals surface area contributed by atoms with E-state index in [0.717, 1.165) is 25.7 Å². The van der Waals surface area contributed by atoms with Gasteiger partial charge in [0.2, 0.25) is 0 Å². The summed E-state index contributed by atoms with van der Waals surface area (Å²) in [6.07, 6.45) is 4.09. The Kier molecular flexibility index (Phi) is 7.48. The summed E-state index contributed by atoms with van der Waals surface area (Å²) >= 11 is 0. The first-order chi connectivity index (χ1) is 9.48. The van der Waals surface area contributed by atoms with Gasteiger partial charge in [0.05, 0.1) is 26.4 Å². The third-order valence-electron chi connectivity index (χ3n) is 3.38. The Hall–Kier alpha value is -0.650. The number of rotatable bonds is 11. The van der Waals surface area contributed by atoms with Gasteiger partial charge in [-0.25, -0.2) is 0 Å². The molecule has 118 valence electrons. The number of ether oxygens (including phenoxy) is 3. The van der Waals surface area contributed by atoms with Crippen molar-refractivity contribution in [1.82, 2.24) is 5.32 Å². The van der Waals surface area contributed by atoms with Crippen molar-refractivity contribution >= 4 is 5.97 Å². The number of hydrogen-bond donors (Lipinski definition) is 1. The van der Waals surface area contributed by atoms with Crippen LogP contribution in [0.3, 0.4) is 0 Å². The first-order valence-corrected chi connectivity index (χ1v) is 7.53. The summed E-state index contributed by atoms with van der Waals surface area (Å²) in [6, 6.07) is 0.472. The zero-order chi connectivity index (χ0) is 15.0. The molecule has 1 unspecified atom stereocenters. The summed E-state index contributed by atoms with van der Waals surface area (Å²) in [7, 11) is 1.44. The van der Waals surface area contributed by atoms with Crippen LogP contribution in [0.15, 0.2) is 0 Å². The van der Waals surface area contributed by atoms with Crippen LogP contribution < -0.4 is 5.32 Å². The van der Waals surface area contributed by atoms with Gasteiger partial charge in [-0.15, -0.1) is 0 Å². The highest BCUT2D eigenvalue weighted by Gasteiger charge is 2.38. The molecule has 0 amide bonds. The van der Waals surface area contributed by atoms with Gasteiger partial charge in [0.1, 0.15) is 5.54 Å². The largest absolute Gasteiger partial charge is 0.468 e. The molecule has 0 radical (unpaired) electrons. The highest BCUT2D eigenvalue weighted by Crippen LogP contribution is 2.25. The Morgan fingerprint density at radius 3 is 2.55 bits per heavy atom. The van der Waals surface area contributed by atoms with E-state index in [1.54, 1.807) is 0 Å². The molecule has 20 heavy (non-hydrogen) atoms. The average Bonchev–Trinajstić information content (AvgIpc) is 3.20. The lowest BCUT2D eigenvalue weighted by Gasteiger charge is -2.28. The maximum Gasteiger partial charge on any atom is 0.325 e. The molecule has 1 fully saturated rings. The normalized spacial score (nSPS) is 18.1. The third kappa shape index (κ3) is 6.68. The molecule has 0 bridgehead atoms. The van der Waals surface area contributed by atoms with Gasteiger partial charge in [-0.05, 0) is 46.5 Å². The van der Waals surface area contributed by atoms with Gasteiger partial charge in [-0.1, -0.05) is 0 Å². The van der Waals surface area contributed by atoms with E-state index in [-0.39, 0.29) is 12.1 Å². The van der Waals surface area contributed by atoms with E-state index in [0.29, 0.717) is 25.9 Å². The van der Waals surface area contributed by atoms with Crippen LogP contribution in [0, 0.1) is 0 Å². The van der Waals surface area contributed by atoms with Crippen molar-refractivity contribution in [3.05, 3.63) is 0 Å². The van der Waals surface area contributed by atoms with E-state index in [1.807, 2.05) is 20.8 Å². The van der Waals surface area contributed by atoms with E-state index in [9.17, 15) is 4.79 Å². The third-order valence-corrected chi connectivity index (χ3v) is 3.38. The predicted octanol–water partition coefficient (Wildman–Crippen LogP) is 1.89. The molecular weight excluding hydrogens is 258 g/mol. The fourth-order valence-corrected chi connectivity index (χ4v) is 2.11. The summed E-state index contributed by atoms with van der Waals surface area (Å²) in [5, 5.41) is 3.38. The smallest absolute Gasteiger partial charge is 0.325 e. The molecule has 0 spiro atoms. The molecule has 0 aromatic rings. The maximum absolute atomic E-state index is 11.9. The Labute approximate surface area is 122 Å². The molecule has 1 aliphatic carbocycles. The van der Waals surface area contributed by atoms with E-state index in [1.165, 1.54) is 7.11 Å². The lowest BCUT2D eigenvalue weighted by molar-refractivity contribution is -0.148. The molecule has 0 aromatic heterocycles. The SMILES string of the molecule is COC(=O)C(C)(CCCOCCOC(C)C)NC1CC1. The molecule has 1 aliphatic rings. The van der Waals surface area contributed by atoms with Gasteiger partial charge in [0, 0.05) is 12.6 Å². The number of nitrogens with one attached hydrogen (secondary N) is 1. The van der Waals surface area contributed by atoms with Crippen molar-refractivity contribution in [2.24, 2.45) is 0 Å². The molecule has 1 atom stereocenters. The van der Waals surface area contributed by atoms with Crippen LogP contribution in [0.2, 0.25) is 0 Å². The lowest BCUT2D eigenvalue weighted by Crippen LogP contribution is -2.51. The average molecular weight is 287 g/mol. The lowest BCUT2D eigenvalue weighted by atomic mass is 9.96. The second-order valence-electron chi connectivity index (χ2n) is 5.88. The highest BCUT2D eigenvalue weighted by molar-refractivity contribution is 5.80. The Morgan fingerprint density at radius 2 is 2.00 bits per heavy atom. The van der Waals surface area contributed by atoms with E-state index in [2.05, 4.69) is 5.32 Å². The molecule has 0 saturated heterocycles. The highest BCUT2D eigenvalue weighted by atomic mass is 16.5. The summed E-state index contributed by atoms with van der Waals surface area (Å²) < 4.78 is 15.8. The van der Waals surface area contributed by atoms with Gasteiger partial charge in [0.15, 0.2) is 0 Å². The first-order valence-electron chi connectivity index (χ1n) is 7.53. The molecule has 0 aliphatic heterocycles. The summed E-state index contributed by atoms with van der Waals surface area (Å²) in [6.45, 7) is 7.78. The molecule has 1 rings (SSSR count). The molecule has 5 heteroatoms. The number of esters is 1. The Balaban J connectivity index is 2.16. The minimum absolute atomic E-state index is 0.187. The zero-order valence-corrected chi connectivity index (χ0v) is 13.2. The Bertz CT molecular complexity index is 292. The molecule has 1 saturated carbocycles. The minimum Gasteiger partial charge on any atom is -0.468 e. The number of carbonyl (C=O) groups excluding carboxylic acids is 1. The van der Waals surface area contributed by atoms with Crippen molar-refractivity contribution in [3.8, 4) is 0 Å². The molecule has 0 heterocycles. The fraction of sp³-hybridized carbons (Fsp3) is 0.933. The molecular formula is C15H29NO4. The predicted molar refractivity (Wildman–Crippen MR) is 77.7 cm³/mol.